The number of aryl methyl sites for hydroxylation is 1. The summed E-state index contributed by atoms with van der Waals surface area (Å²) in [4.78, 5) is 25.4. The minimum absolute atomic E-state index is 0.260. The number of hydrogen-bond acceptors (Lipinski definition) is 3. The maximum absolute atomic E-state index is 12.7. The molecule has 6 nitrogen and oxygen atoms in total. The van der Waals surface area contributed by atoms with Gasteiger partial charge in [-0.05, 0) is 29.8 Å². The highest BCUT2D eigenvalue weighted by Gasteiger charge is 2.12. The van der Waals surface area contributed by atoms with Crippen LogP contribution in [0, 0.1) is 11.3 Å². The molecular formula is C28H24N4O2. The number of aromatic nitrogens is 1. The lowest BCUT2D eigenvalue weighted by Gasteiger charge is -2.10. The first-order valence-corrected chi connectivity index (χ1v) is 11.0. The largest absolute Gasteiger partial charge is 0.348 e. The minimum atomic E-state index is -0.336. The second-order valence-electron chi connectivity index (χ2n) is 7.74. The zero-order valence-electron chi connectivity index (χ0n) is 18.6. The fourth-order valence-electron chi connectivity index (χ4n) is 3.77. The van der Waals surface area contributed by atoms with Gasteiger partial charge in [-0.25, -0.2) is 0 Å². The van der Waals surface area contributed by atoms with Crippen molar-refractivity contribution in [3.8, 4) is 6.07 Å². The van der Waals surface area contributed by atoms with Crippen molar-refractivity contribution in [2.75, 3.05) is 5.32 Å². The summed E-state index contributed by atoms with van der Waals surface area (Å²) in [7, 11) is 0. The van der Waals surface area contributed by atoms with Gasteiger partial charge in [0.2, 0.25) is 5.91 Å². The van der Waals surface area contributed by atoms with Crippen LogP contribution in [0.3, 0.4) is 0 Å². The number of para-hydroxylation sites is 2. The molecule has 34 heavy (non-hydrogen) atoms. The minimum Gasteiger partial charge on any atom is -0.348 e. The lowest BCUT2D eigenvalue weighted by Crippen LogP contribution is -2.24. The first-order valence-electron chi connectivity index (χ1n) is 11.0. The smallest absolute Gasteiger partial charge is 0.253 e. The summed E-state index contributed by atoms with van der Waals surface area (Å²) < 4.78 is 2.02. The van der Waals surface area contributed by atoms with Crippen molar-refractivity contribution in [1.82, 2.24) is 9.88 Å². The molecule has 0 aliphatic heterocycles. The van der Waals surface area contributed by atoms with Crippen LogP contribution in [0.15, 0.2) is 91.1 Å². The Bertz CT molecular complexity index is 1380. The van der Waals surface area contributed by atoms with E-state index < -0.39 is 0 Å². The number of anilines is 1. The summed E-state index contributed by atoms with van der Waals surface area (Å²) >= 11 is 0. The maximum Gasteiger partial charge on any atom is 0.253 e. The molecule has 168 valence electrons. The Morgan fingerprint density at radius 1 is 0.941 bits per heavy atom. The molecule has 1 heterocycles. The van der Waals surface area contributed by atoms with Gasteiger partial charge in [-0.15, -0.1) is 0 Å². The van der Waals surface area contributed by atoms with Crippen LogP contribution in [-0.2, 0) is 17.9 Å². The van der Waals surface area contributed by atoms with E-state index in [-0.39, 0.29) is 11.8 Å². The number of carbonyl (C=O) groups is 2. The molecule has 6 heteroatoms. The van der Waals surface area contributed by atoms with Crippen molar-refractivity contribution in [3.63, 3.8) is 0 Å². The van der Waals surface area contributed by atoms with E-state index in [4.69, 9.17) is 5.26 Å². The SMILES string of the molecule is N#CCCn1cc(/C=C/C(=O)Nc2ccccc2C(=O)NCc2ccccc2)c2ccccc21. The number of carbonyl (C=O) groups excluding carboxylic acids is 2. The third-order valence-corrected chi connectivity index (χ3v) is 5.42. The molecule has 0 saturated carbocycles. The number of nitrogens with zero attached hydrogens (tertiary/aromatic N) is 2. The highest BCUT2D eigenvalue weighted by atomic mass is 16.2. The number of benzene rings is 3. The summed E-state index contributed by atoms with van der Waals surface area (Å²) in [5.74, 6) is -0.596. The van der Waals surface area contributed by atoms with Crippen LogP contribution in [0.25, 0.3) is 17.0 Å². The molecule has 2 amide bonds. The summed E-state index contributed by atoms with van der Waals surface area (Å²) in [5.41, 5.74) is 3.73. The molecule has 0 aliphatic carbocycles. The maximum atomic E-state index is 12.7. The topological polar surface area (TPSA) is 86.9 Å². The van der Waals surface area contributed by atoms with E-state index in [0.29, 0.717) is 30.8 Å². The number of hydrogen-bond donors (Lipinski definition) is 2. The molecule has 1 aromatic heterocycles. The number of nitrogens with one attached hydrogen (secondary N) is 2. The van der Waals surface area contributed by atoms with Crippen molar-refractivity contribution in [1.29, 1.82) is 5.26 Å². The Hall–Kier alpha value is -4.63. The summed E-state index contributed by atoms with van der Waals surface area (Å²) in [6, 6.07) is 26.6. The zero-order chi connectivity index (χ0) is 23.8. The van der Waals surface area contributed by atoms with Crippen LogP contribution < -0.4 is 10.6 Å². The van der Waals surface area contributed by atoms with Crippen molar-refractivity contribution in [2.45, 2.75) is 19.5 Å². The van der Waals surface area contributed by atoms with Gasteiger partial charge in [0.05, 0.1) is 23.7 Å². The normalized spacial score (nSPS) is 10.8. The van der Waals surface area contributed by atoms with Crippen molar-refractivity contribution in [2.24, 2.45) is 0 Å². The van der Waals surface area contributed by atoms with E-state index in [1.54, 1.807) is 30.3 Å². The number of rotatable bonds is 8. The van der Waals surface area contributed by atoms with Gasteiger partial charge in [-0.1, -0.05) is 60.7 Å². The van der Waals surface area contributed by atoms with E-state index in [2.05, 4.69) is 16.7 Å². The molecular weight excluding hydrogens is 424 g/mol. The summed E-state index contributed by atoms with van der Waals surface area (Å²) in [6.07, 6.45) is 5.55. The second kappa shape index (κ2) is 10.8. The van der Waals surface area contributed by atoms with Gasteiger partial charge in [0.25, 0.3) is 5.91 Å². The molecule has 4 aromatic rings. The Morgan fingerprint density at radius 3 is 2.50 bits per heavy atom. The highest BCUT2D eigenvalue weighted by Crippen LogP contribution is 2.23. The van der Waals surface area contributed by atoms with Crippen LogP contribution in [0.1, 0.15) is 27.9 Å². The summed E-state index contributed by atoms with van der Waals surface area (Å²) in [6.45, 7) is 0.986. The van der Waals surface area contributed by atoms with Crippen molar-refractivity contribution >= 4 is 34.5 Å². The third kappa shape index (κ3) is 5.40. The van der Waals surface area contributed by atoms with Crippen LogP contribution in [0.4, 0.5) is 5.69 Å². The molecule has 0 saturated heterocycles. The number of amides is 2. The van der Waals surface area contributed by atoms with Crippen LogP contribution in [-0.4, -0.2) is 16.4 Å². The molecule has 2 N–H and O–H groups in total. The molecule has 0 spiro atoms. The summed E-state index contributed by atoms with van der Waals surface area (Å²) in [5, 5.41) is 15.6. The fourth-order valence-corrected chi connectivity index (χ4v) is 3.77. The van der Waals surface area contributed by atoms with E-state index in [1.807, 2.05) is 65.4 Å². The van der Waals surface area contributed by atoms with Gasteiger partial charge in [-0.2, -0.15) is 5.26 Å². The van der Waals surface area contributed by atoms with Crippen molar-refractivity contribution < 1.29 is 9.59 Å². The van der Waals surface area contributed by atoms with Crippen LogP contribution in [0.5, 0.6) is 0 Å². The van der Waals surface area contributed by atoms with Crippen molar-refractivity contribution in [3.05, 3.63) is 108 Å². The predicted octanol–water partition coefficient (Wildman–Crippen LogP) is 5.14. The van der Waals surface area contributed by atoms with E-state index >= 15 is 0 Å². The molecule has 0 atom stereocenters. The Kier molecular flexibility index (Phi) is 7.16. The zero-order valence-corrected chi connectivity index (χ0v) is 18.6. The monoisotopic (exact) mass is 448 g/mol. The lowest BCUT2D eigenvalue weighted by atomic mass is 10.1. The molecule has 0 unspecified atom stereocenters. The van der Waals surface area contributed by atoms with Crippen LogP contribution >= 0.6 is 0 Å². The predicted molar refractivity (Wildman–Crippen MR) is 134 cm³/mol. The molecule has 0 radical (unpaired) electrons. The van der Waals surface area contributed by atoms with E-state index in [0.717, 1.165) is 22.0 Å². The molecule has 0 aliphatic rings. The first kappa shape index (κ1) is 22.6. The van der Waals surface area contributed by atoms with Crippen LogP contribution in [0.2, 0.25) is 0 Å². The quantitative estimate of drug-likeness (QED) is 0.366. The average molecular weight is 449 g/mol. The lowest BCUT2D eigenvalue weighted by molar-refractivity contribution is -0.111. The molecule has 3 aromatic carbocycles. The average Bonchev–Trinajstić information content (AvgIpc) is 3.23. The van der Waals surface area contributed by atoms with E-state index in [1.165, 1.54) is 6.08 Å². The van der Waals surface area contributed by atoms with Gasteiger partial charge < -0.3 is 15.2 Å². The number of fused-ring (bicyclic) bond motifs is 1. The Morgan fingerprint density at radius 2 is 1.68 bits per heavy atom. The first-order chi connectivity index (χ1) is 16.7. The van der Waals surface area contributed by atoms with Gasteiger partial charge in [0.15, 0.2) is 0 Å². The Labute approximate surface area is 198 Å². The van der Waals surface area contributed by atoms with Gasteiger partial charge in [0.1, 0.15) is 0 Å². The molecule has 4 rings (SSSR count). The molecule has 0 fully saturated rings. The number of nitriles is 1. The van der Waals surface area contributed by atoms with Gasteiger partial charge >= 0.3 is 0 Å². The second-order valence-corrected chi connectivity index (χ2v) is 7.74. The fraction of sp³-hybridized carbons (Fsp3) is 0.107. The van der Waals surface area contributed by atoms with Gasteiger partial charge in [0, 0.05) is 41.8 Å². The van der Waals surface area contributed by atoms with Gasteiger partial charge in [-0.3, -0.25) is 9.59 Å². The third-order valence-electron chi connectivity index (χ3n) is 5.42. The molecule has 0 bridgehead atoms. The highest BCUT2D eigenvalue weighted by molar-refractivity contribution is 6.08. The Balaban J connectivity index is 1.47. The van der Waals surface area contributed by atoms with E-state index in [9.17, 15) is 9.59 Å². The standard InChI is InChI=1S/C28H24N4O2/c29-17-8-18-32-20-22(23-11-5-7-14-26(23)32)15-16-27(33)31-25-13-6-4-12-24(25)28(34)30-19-21-9-2-1-3-10-21/h1-7,9-16,20H,8,18-19H2,(H,30,34)(H,31,33)/b16-15+.